The molecule has 2 aromatic rings. The molecule has 0 spiro atoms. The average molecular weight is 267 g/mol. The van der Waals surface area contributed by atoms with Gasteiger partial charge in [0.2, 0.25) is 0 Å². The molecule has 0 saturated carbocycles. The number of anilines is 1. The lowest BCUT2D eigenvalue weighted by Crippen LogP contribution is -2.45. The van der Waals surface area contributed by atoms with Crippen LogP contribution in [-0.4, -0.2) is 30.3 Å². The van der Waals surface area contributed by atoms with Crippen LogP contribution >= 0.6 is 0 Å². The van der Waals surface area contributed by atoms with E-state index in [9.17, 15) is 5.26 Å². The molecule has 3 rings (SSSR count). The largest absolute Gasteiger partial charge is 0.372 e. The van der Waals surface area contributed by atoms with Crippen LogP contribution in [0, 0.1) is 11.3 Å². The van der Waals surface area contributed by atoms with Crippen molar-refractivity contribution >= 4 is 16.6 Å². The second-order valence-electron chi connectivity index (χ2n) is 5.31. The van der Waals surface area contributed by atoms with Crippen LogP contribution in [0.25, 0.3) is 10.9 Å². The summed E-state index contributed by atoms with van der Waals surface area (Å²) in [5, 5.41) is 10.2. The molecular formula is C16H17N3O. The minimum Gasteiger partial charge on any atom is -0.372 e. The number of nitriles is 1. The zero-order valence-corrected chi connectivity index (χ0v) is 11.7. The average Bonchev–Trinajstić information content (AvgIpc) is 2.45. The topological polar surface area (TPSA) is 49.2 Å². The fourth-order valence-corrected chi connectivity index (χ4v) is 2.90. The third-order valence-corrected chi connectivity index (χ3v) is 3.63. The molecule has 4 nitrogen and oxygen atoms in total. The summed E-state index contributed by atoms with van der Waals surface area (Å²) >= 11 is 0. The number of pyridine rings is 1. The number of nitrogens with zero attached hydrogens (tertiary/aromatic N) is 3. The van der Waals surface area contributed by atoms with Gasteiger partial charge in [0, 0.05) is 30.4 Å². The number of fused-ring (bicyclic) bond motifs is 1. The second-order valence-corrected chi connectivity index (χ2v) is 5.31. The van der Waals surface area contributed by atoms with Crippen LogP contribution in [0.2, 0.25) is 0 Å². The van der Waals surface area contributed by atoms with Crippen molar-refractivity contribution in [3.8, 4) is 6.07 Å². The number of benzene rings is 1. The number of rotatable bonds is 1. The van der Waals surface area contributed by atoms with Crippen LogP contribution in [0.5, 0.6) is 0 Å². The van der Waals surface area contributed by atoms with Crippen molar-refractivity contribution in [1.29, 1.82) is 5.26 Å². The van der Waals surface area contributed by atoms with Gasteiger partial charge >= 0.3 is 0 Å². The van der Waals surface area contributed by atoms with Crippen LogP contribution in [-0.2, 0) is 4.74 Å². The Bertz CT molecular complexity index is 667. The number of ether oxygens (including phenoxy) is 1. The minimum absolute atomic E-state index is 0.209. The molecule has 1 aliphatic rings. The maximum atomic E-state index is 9.20. The van der Waals surface area contributed by atoms with Crippen molar-refractivity contribution in [3.63, 3.8) is 0 Å². The molecule has 1 aromatic carbocycles. The van der Waals surface area contributed by atoms with Crippen LogP contribution in [0.4, 0.5) is 5.69 Å². The zero-order valence-electron chi connectivity index (χ0n) is 11.7. The monoisotopic (exact) mass is 267 g/mol. The van der Waals surface area contributed by atoms with Gasteiger partial charge in [-0.3, -0.25) is 4.98 Å². The number of aromatic nitrogens is 1. The van der Waals surface area contributed by atoms with E-state index in [0.717, 1.165) is 29.7 Å². The van der Waals surface area contributed by atoms with Gasteiger partial charge in [-0.1, -0.05) is 0 Å². The van der Waals surface area contributed by atoms with Crippen molar-refractivity contribution in [2.24, 2.45) is 0 Å². The van der Waals surface area contributed by atoms with Crippen LogP contribution in [0.15, 0.2) is 30.5 Å². The molecule has 2 heterocycles. The third-order valence-electron chi connectivity index (χ3n) is 3.63. The first-order valence-electron chi connectivity index (χ1n) is 6.87. The molecule has 1 aliphatic heterocycles. The molecule has 102 valence electrons. The highest BCUT2D eigenvalue weighted by molar-refractivity contribution is 5.95. The molecule has 20 heavy (non-hydrogen) atoms. The summed E-state index contributed by atoms with van der Waals surface area (Å²) in [5.74, 6) is 0. The van der Waals surface area contributed by atoms with E-state index in [4.69, 9.17) is 4.74 Å². The van der Waals surface area contributed by atoms with Crippen molar-refractivity contribution < 1.29 is 4.74 Å². The van der Waals surface area contributed by atoms with Gasteiger partial charge in [0.25, 0.3) is 0 Å². The van der Waals surface area contributed by atoms with E-state index in [0.29, 0.717) is 5.56 Å². The second kappa shape index (κ2) is 5.10. The van der Waals surface area contributed by atoms with E-state index in [1.54, 1.807) is 6.20 Å². The summed E-state index contributed by atoms with van der Waals surface area (Å²) in [5.41, 5.74) is 2.53. The van der Waals surface area contributed by atoms with Crippen LogP contribution in [0.3, 0.4) is 0 Å². The SMILES string of the molecule is C[C@H]1CN(c2ccc(C#N)c3ncccc23)C[C@H](C)O1. The molecule has 0 aliphatic carbocycles. The Hall–Kier alpha value is -2.12. The summed E-state index contributed by atoms with van der Waals surface area (Å²) in [4.78, 5) is 6.69. The first kappa shape index (κ1) is 12.9. The molecule has 0 unspecified atom stereocenters. The first-order chi connectivity index (χ1) is 9.69. The highest BCUT2D eigenvalue weighted by Crippen LogP contribution is 2.30. The van der Waals surface area contributed by atoms with Gasteiger partial charge < -0.3 is 9.64 Å². The lowest BCUT2D eigenvalue weighted by molar-refractivity contribution is -0.00513. The van der Waals surface area contributed by atoms with Gasteiger partial charge in [-0.2, -0.15) is 5.26 Å². The maximum absolute atomic E-state index is 9.20. The fourth-order valence-electron chi connectivity index (χ4n) is 2.90. The van der Waals surface area contributed by atoms with Gasteiger partial charge in [0.1, 0.15) is 6.07 Å². The highest BCUT2D eigenvalue weighted by Gasteiger charge is 2.24. The quantitative estimate of drug-likeness (QED) is 0.797. The highest BCUT2D eigenvalue weighted by atomic mass is 16.5. The van der Waals surface area contributed by atoms with Crippen molar-refractivity contribution in [1.82, 2.24) is 4.98 Å². The molecule has 0 N–H and O–H groups in total. The first-order valence-corrected chi connectivity index (χ1v) is 6.87. The predicted octanol–water partition coefficient (Wildman–Crippen LogP) is 2.72. The van der Waals surface area contributed by atoms with E-state index in [1.807, 2.05) is 24.3 Å². The standard InChI is InChI=1S/C16H17N3O/c1-11-9-19(10-12(2)20-11)15-6-5-13(8-17)16-14(15)4-3-7-18-16/h3-7,11-12H,9-10H2,1-2H3/t11-,12-/m0/s1. The number of hydrogen-bond acceptors (Lipinski definition) is 4. The Morgan fingerprint density at radius 1 is 1.25 bits per heavy atom. The van der Waals surface area contributed by atoms with Crippen molar-refractivity contribution in [2.75, 3.05) is 18.0 Å². The van der Waals surface area contributed by atoms with E-state index in [1.165, 1.54) is 0 Å². The Morgan fingerprint density at radius 3 is 2.70 bits per heavy atom. The van der Waals surface area contributed by atoms with Gasteiger partial charge in [0.05, 0.1) is 23.3 Å². The Labute approximate surface area is 118 Å². The van der Waals surface area contributed by atoms with Gasteiger partial charge in [-0.25, -0.2) is 0 Å². The molecule has 1 saturated heterocycles. The van der Waals surface area contributed by atoms with Gasteiger partial charge in [0.15, 0.2) is 0 Å². The third kappa shape index (κ3) is 2.21. The Morgan fingerprint density at radius 2 is 2.00 bits per heavy atom. The van der Waals surface area contributed by atoms with Crippen LogP contribution in [0.1, 0.15) is 19.4 Å². The van der Waals surface area contributed by atoms with Gasteiger partial charge in [-0.15, -0.1) is 0 Å². The van der Waals surface area contributed by atoms with Crippen molar-refractivity contribution in [2.45, 2.75) is 26.1 Å². The molecule has 0 bridgehead atoms. The van der Waals surface area contributed by atoms with E-state index in [2.05, 4.69) is 29.8 Å². The molecule has 2 atom stereocenters. The molecular weight excluding hydrogens is 250 g/mol. The summed E-state index contributed by atoms with van der Waals surface area (Å²) in [6.07, 6.45) is 2.15. The van der Waals surface area contributed by atoms with E-state index >= 15 is 0 Å². The summed E-state index contributed by atoms with van der Waals surface area (Å²) < 4.78 is 5.79. The smallest absolute Gasteiger partial charge is 0.101 e. The molecule has 0 amide bonds. The molecule has 4 heteroatoms. The Balaban J connectivity index is 2.11. The van der Waals surface area contributed by atoms with Crippen molar-refractivity contribution in [3.05, 3.63) is 36.0 Å². The molecule has 0 radical (unpaired) electrons. The lowest BCUT2D eigenvalue weighted by Gasteiger charge is -2.37. The fraction of sp³-hybridized carbons (Fsp3) is 0.375. The number of hydrogen-bond donors (Lipinski definition) is 0. The minimum atomic E-state index is 0.209. The molecule has 1 aromatic heterocycles. The summed E-state index contributed by atoms with van der Waals surface area (Å²) in [6.45, 7) is 5.90. The summed E-state index contributed by atoms with van der Waals surface area (Å²) in [7, 11) is 0. The zero-order chi connectivity index (χ0) is 14.1. The van der Waals surface area contributed by atoms with E-state index in [-0.39, 0.29) is 12.2 Å². The molecule has 1 fully saturated rings. The van der Waals surface area contributed by atoms with Gasteiger partial charge in [-0.05, 0) is 38.1 Å². The predicted molar refractivity (Wildman–Crippen MR) is 78.7 cm³/mol. The summed E-state index contributed by atoms with van der Waals surface area (Å²) in [6, 6.07) is 10.0. The maximum Gasteiger partial charge on any atom is 0.101 e. The Kier molecular flexibility index (Phi) is 3.29. The van der Waals surface area contributed by atoms with E-state index < -0.39 is 0 Å². The lowest BCUT2D eigenvalue weighted by atomic mass is 10.1. The van der Waals surface area contributed by atoms with Crippen LogP contribution < -0.4 is 4.90 Å². The number of morpholine rings is 1. The normalized spacial score (nSPS) is 22.8.